The highest BCUT2D eigenvalue weighted by molar-refractivity contribution is 7.16. The fourth-order valence-corrected chi connectivity index (χ4v) is 4.11. The van der Waals surface area contributed by atoms with Gasteiger partial charge < -0.3 is 5.32 Å². The minimum atomic E-state index is -0.132. The van der Waals surface area contributed by atoms with Crippen molar-refractivity contribution in [2.45, 2.75) is 51.7 Å². The molecule has 1 saturated heterocycles. The van der Waals surface area contributed by atoms with Gasteiger partial charge in [-0.1, -0.05) is 13.8 Å². The van der Waals surface area contributed by atoms with Gasteiger partial charge in [0.1, 0.15) is 5.82 Å². The molecule has 3 nitrogen and oxygen atoms in total. The smallest absolute Gasteiger partial charge is 0.130 e. The van der Waals surface area contributed by atoms with Gasteiger partial charge in [0, 0.05) is 42.8 Å². The molecule has 5 heteroatoms. The standard InChI is InChI=1S/C17H24FN3S/c1-4-12-9-21(13(5-2)8-19-12)11(3)14-6-17-16(7-15(14)18)20-10-22-17/h6-7,10-13,19H,4-5,8-9H2,1-3H3/t11?,12-,13+/m0/s1. The number of nitrogens with zero attached hydrogens (tertiary/aromatic N) is 2. The van der Waals surface area contributed by atoms with Crippen molar-refractivity contribution >= 4 is 21.6 Å². The molecule has 0 amide bonds. The highest BCUT2D eigenvalue weighted by atomic mass is 32.1. The van der Waals surface area contributed by atoms with Crippen LogP contribution in [0.3, 0.4) is 0 Å². The predicted molar refractivity (Wildman–Crippen MR) is 90.9 cm³/mol. The Bertz CT molecular complexity index is 642. The molecule has 1 N–H and O–H groups in total. The summed E-state index contributed by atoms with van der Waals surface area (Å²) in [6.07, 6.45) is 2.19. The molecule has 1 unspecified atom stereocenters. The maximum absolute atomic E-state index is 14.5. The fraction of sp³-hybridized carbons (Fsp3) is 0.588. The second kappa shape index (κ2) is 6.60. The van der Waals surface area contributed by atoms with Crippen molar-refractivity contribution in [3.63, 3.8) is 0 Å². The Morgan fingerprint density at radius 1 is 1.41 bits per heavy atom. The monoisotopic (exact) mass is 321 g/mol. The van der Waals surface area contributed by atoms with Gasteiger partial charge in [-0.3, -0.25) is 4.90 Å². The number of hydrogen-bond donors (Lipinski definition) is 1. The molecular weight excluding hydrogens is 297 g/mol. The van der Waals surface area contributed by atoms with Crippen molar-refractivity contribution in [3.8, 4) is 0 Å². The summed E-state index contributed by atoms with van der Waals surface area (Å²) in [4.78, 5) is 6.67. The summed E-state index contributed by atoms with van der Waals surface area (Å²) in [5.41, 5.74) is 3.34. The topological polar surface area (TPSA) is 28.2 Å². The Labute approximate surface area is 135 Å². The molecule has 1 aliphatic rings. The number of nitrogens with one attached hydrogen (secondary N) is 1. The zero-order valence-electron chi connectivity index (χ0n) is 13.5. The molecule has 0 radical (unpaired) electrons. The van der Waals surface area contributed by atoms with Crippen LogP contribution in [0.1, 0.15) is 45.2 Å². The highest BCUT2D eigenvalue weighted by Crippen LogP contribution is 2.31. The highest BCUT2D eigenvalue weighted by Gasteiger charge is 2.31. The minimum Gasteiger partial charge on any atom is -0.311 e. The van der Waals surface area contributed by atoms with E-state index >= 15 is 0 Å². The molecule has 1 fully saturated rings. The van der Waals surface area contributed by atoms with E-state index in [4.69, 9.17) is 0 Å². The van der Waals surface area contributed by atoms with E-state index < -0.39 is 0 Å². The second-order valence-corrected chi connectivity index (χ2v) is 7.03. The molecule has 1 aromatic carbocycles. The molecule has 0 spiro atoms. The van der Waals surface area contributed by atoms with Crippen molar-refractivity contribution in [3.05, 3.63) is 29.0 Å². The number of thiazole rings is 1. The van der Waals surface area contributed by atoms with Crippen LogP contribution in [-0.4, -0.2) is 35.1 Å². The predicted octanol–water partition coefficient (Wildman–Crippen LogP) is 3.96. The van der Waals surface area contributed by atoms with E-state index in [1.165, 1.54) is 0 Å². The Kier molecular flexibility index (Phi) is 4.76. The Hall–Kier alpha value is -1.04. The van der Waals surface area contributed by atoms with Gasteiger partial charge in [-0.25, -0.2) is 9.37 Å². The van der Waals surface area contributed by atoms with Crippen LogP contribution in [0, 0.1) is 5.82 Å². The average molecular weight is 321 g/mol. The van der Waals surface area contributed by atoms with Gasteiger partial charge in [-0.15, -0.1) is 11.3 Å². The number of fused-ring (bicyclic) bond motifs is 1. The third kappa shape index (κ3) is 2.90. The first-order valence-corrected chi connectivity index (χ1v) is 9.03. The average Bonchev–Trinajstić information content (AvgIpc) is 2.99. The van der Waals surface area contributed by atoms with Crippen LogP contribution in [0.4, 0.5) is 4.39 Å². The van der Waals surface area contributed by atoms with Gasteiger partial charge in [0.2, 0.25) is 0 Å². The molecule has 3 atom stereocenters. The summed E-state index contributed by atoms with van der Waals surface area (Å²) >= 11 is 1.58. The normalized spacial score (nSPS) is 24.7. The lowest BCUT2D eigenvalue weighted by Gasteiger charge is -2.43. The van der Waals surface area contributed by atoms with Crippen LogP contribution in [0.2, 0.25) is 0 Å². The SMILES string of the molecule is CC[C@H]1CN(C(C)c2cc3scnc3cc2F)[C@H](CC)CN1. The Morgan fingerprint density at radius 3 is 2.95 bits per heavy atom. The van der Waals surface area contributed by atoms with Crippen LogP contribution >= 0.6 is 11.3 Å². The van der Waals surface area contributed by atoms with Gasteiger partial charge in [0.15, 0.2) is 0 Å². The third-order valence-electron chi connectivity index (χ3n) is 4.90. The van der Waals surface area contributed by atoms with Crippen LogP contribution in [0.25, 0.3) is 10.2 Å². The van der Waals surface area contributed by atoms with E-state index in [9.17, 15) is 4.39 Å². The van der Waals surface area contributed by atoms with E-state index in [0.29, 0.717) is 12.1 Å². The van der Waals surface area contributed by atoms with Crippen LogP contribution < -0.4 is 5.32 Å². The van der Waals surface area contributed by atoms with Crippen molar-refractivity contribution in [1.29, 1.82) is 0 Å². The van der Waals surface area contributed by atoms with Gasteiger partial charge in [0.25, 0.3) is 0 Å². The number of benzene rings is 1. The second-order valence-electron chi connectivity index (χ2n) is 6.14. The molecule has 22 heavy (non-hydrogen) atoms. The molecule has 0 aliphatic carbocycles. The van der Waals surface area contributed by atoms with Gasteiger partial charge in [-0.2, -0.15) is 0 Å². The first kappa shape index (κ1) is 15.8. The summed E-state index contributed by atoms with van der Waals surface area (Å²) in [6, 6.07) is 4.63. The van der Waals surface area contributed by atoms with Crippen LogP contribution in [-0.2, 0) is 0 Å². The largest absolute Gasteiger partial charge is 0.311 e. The first-order chi connectivity index (χ1) is 10.6. The number of piperazine rings is 1. The molecule has 2 aromatic rings. The van der Waals surface area contributed by atoms with Crippen LogP contribution in [0.15, 0.2) is 17.6 Å². The van der Waals surface area contributed by atoms with E-state index in [1.807, 2.05) is 6.07 Å². The molecule has 0 saturated carbocycles. The zero-order chi connectivity index (χ0) is 15.7. The van der Waals surface area contributed by atoms with Crippen molar-refractivity contribution in [2.75, 3.05) is 13.1 Å². The van der Waals surface area contributed by atoms with Crippen molar-refractivity contribution < 1.29 is 4.39 Å². The Morgan fingerprint density at radius 2 is 2.23 bits per heavy atom. The van der Waals surface area contributed by atoms with Gasteiger partial charge >= 0.3 is 0 Å². The van der Waals surface area contributed by atoms with Crippen molar-refractivity contribution in [2.24, 2.45) is 0 Å². The number of halogens is 1. The number of aromatic nitrogens is 1. The summed E-state index contributed by atoms with van der Waals surface area (Å²) in [5, 5.41) is 3.60. The maximum atomic E-state index is 14.5. The zero-order valence-corrected chi connectivity index (χ0v) is 14.3. The number of rotatable bonds is 4. The van der Waals surface area contributed by atoms with Crippen molar-refractivity contribution in [1.82, 2.24) is 15.2 Å². The summed E-state index contributed by atoms with van der Waals surface area (Å²) < 4.78 is 15.6. The first-order valence-electron chi connectivity index (χ1n) is 8.15. The van der Waals surface area contributed by atoms with Crippen LogP contribution in [0.5, 0.6) is 0 Å². The molecule has 120 valence electrons. The van der Waals surface area contributed by atoms with E-state index in [0.717, 1.165) is 41.7 Å². The van der Waals surface area contributed by atoms with E-state index in [-0.39, 0.29) is 11.9 Å². The summed E-state index contributed by atoms with van der Waals surface area (Å²) in [5.74, 6) is -0.132. The molecule has 1 aromatic heterocycles. The fourth-order valence-electron chi connectivity index (χ4n) is 3.41. The number of hydrogen-bond acceptors (Lipinski definition) is 4. The third-order valence-corrected chi connectivity index (χ3v) is 5.70. The molecule has 0 bridgehead atoms. The van der Waals surface area contributed by atoms with Gasteiger partial charge in [0.05, 0.1) is 15.7 Å². The lowest BCUT2D eigenvalue weighted by molar-refractivity contribution is 0.0835. The van der Waals surface area contributed by atoms with E-state index in [2.05, 4.69) is 36.0 Å². The quantitative estimate of drug-likeness (QED) is 0.924. The molecule has 1 aliphatic heterocycles. The molecular formula is C17H24FN3S. The summed E-state index contributed by atoms with van der Waals surface area (Å²) in [6.45, 7) is 8.52. The summed E-state index contributed by atoms with van der Waals surface area (Å²) in [7, 11) is 0. The lowest BCUT2D eigenvalue weighted by Crippen LogP contribution is -2.56. The van der Waals surface area contributed by atoms with Gasteiger partial charge in [-0.05, 0) is 25.8 Å². The Balaban J connectivity index is 1.91. The maximum Gasteiger partial charge on any atom is 0.130 e. The van der Waals surface area contributed by atoms with E-state index in [1.54, 1.807) is 22.9 Å². The minimum absolute atomic E-state index is 0.0904. The molecule has 3 rings (SSSR count). The molecule has 2 heterocycles. The lowest BCUT2D eigenvalue weighted by atomic mass is 9.98.